The van der Waals surface area contributed by atoms with Gasteiger partial charge in [-0.15, -0.1) is 0 Å². The number of anilines is 1. The van der Waals surface area contributed by atoms with Crippen LogP contribution in [0.5, 0.6) is 0 Å². The van der Waals surface area contributed by atoms with Crippen LogP contribution in [0.15, 0.2) is 0 Å². The van der Waals surface area contributed by atoms with Crippen LogP contribution in [0.1, 0.15) is 45.1 Å². The number of hydrogen-bond donors (Lipinski definition) is 1. The molecule has 0 atom stereocenters. The van der Waals surface area contributed by atoms with E-state index in [2.05, 4.69) is 9.82 Å². The maximum Gasteiger partial charge on any atom is 0.235 e. The van der Waals surface area contributed by atoms with E-state index >= 15 is 0 Å². The van der Waals surface area contributed by atoms with E-state index in [0.29, 0.717) is 11.4 Å². The number of nitrogens with zero attached hydrogens (tertiary/aromatic N) is 2. The van der Waals surface area contributed by atoms with Gasteiger partial charge in [-0.1, -0.05) is 0 Å². The zero-order valence-electron chi connectivity index (χ0n) is 11.3. The molecule has 0 aliphatic rings. The molecule has 0 saturated heterocycles. The Bertz CT molecular complexity index is 501. The van der Waals surface area contributed by atoms with Gasteiger partial charge in [-0.2, -0.15) is 5.10 Å². The van der Waals surface area contributed by atoms with Crippen molar-refractivity contribution in [2.75, 3.05) is 4.72 Å². The molecule has 0 radical (unpaired) electrons. The predicted octanol–water partition coefficient (Wildman–Crippen LogP) is 2.23. The van der Waals surface area contributed by atoms with Crippen LogP contribution in [0.3, 0.4) is 0 Å². The molecule has 98 valence electrons. The molecule has 0 fully saturated rings. The molecule has 1 heterocycles. The molecule has 0 aromatic carbocycles. The fraction of sp³-hybridized carbons (Fsp3) is 0.727. The zero-order chi connectivity index (χ0) is 13.4. The third-order valence-electron chi connectivity index (χ3n) is 2.68. The minimum absolute atomic E-state index is 0.214. The van der Waals surface area contributed by atoms with Crippen molar-refractivity contribution in [3.8, 4) is 0 Å². The Morgan fingerprint density at radius 2 is 1.71 bits per heavy atom. The maximum atomic E-state index is 11.8. The highest BCUT2D eigenvalue weighted by Gasteiger charge is 2.21. The van der Waals surface area contributed by atoms with E-state index < -0.39 is 15.3 Å². The van der Waals surface area contributed by atoms with E-state index in [-0.39, 0.29) is 6.04 Å². The molecule has 0 unspecified atom stereocenters. The molecule has 1 aromatic rings. The molecule has 1 N–H and O–H groups in total. The summed E-state index contributed by atoms with van der Waals surface area (Å²) in [5.74, 6) is 0. The van der Waals surface area contributed by atoms with Crippen molar-refractivity contribution < 1.29 is 8.42 Å². The van der Waals surface area contributed by atoms with E-state index in [0.717, 1.165) is 5.69 Å². The summed E-state index contributed by atoms with van der Waals surface area (Å²) in [5.41, 5.74) is 2.16. The molecule has 0 amide bonds. The lowest BCUT2D eigenvalue weighted by Gasteiger charge is -2.12. The molecule has 0 aliphatic heterocycles. The first-order valence-electron chi connectivity index (χ1n) is 5.74. The van der Waals surface area contributed by atoms with Gasteiger partial charge in [0, 0.05) is 6.04 Å². The van der Waals surface area contributed by atoms with Gasteiger partial charge in [0.05, 0.1) is 22.3 Å². The van der Waals surface area contributed by atoms with Crippen molar-refractivity contribution in [3.63, 3.8) is 0 Å². The molecule has 0 saturated carbocycles. The molecular formula is C11H21N3O2S. The third-order valence-corrected chi connectivity index (χ3v) is 4.41. The lowest BCUT2D eigenvalue weighted by atomic mass is 10.3. The van der Waals surface area contributed by atoms with Gasteiger partial charge in [-0.25, -0.2) is 8.42 Å². The van der Waals surface area contributed by atoms with Crippen LogP contribution < -0.4 is 4.72 Å². The van der Waals surface area contributed by atoms with Crippen LogP contribution in [-0.4, -0.2) is 23.4 Å². The minimum atomic E-state index is -3.31. The van der Waals surface area contributed by atoms with E-state index in [1.807, 2.05) is 32.4 Å². The monoisotopic (exact) mass is 259 g/mol. The second-order valence-electron chi connectivity index (χ2n) is 4.78. The number of sulfonamides is 1. The van der Waals surface area contributed by atoms with Gasteiger partial charge in [0.1, 0.15) is 0 Å². The van der Waals surface area contributed by atoms with Crippen LogP contribution >= 0.6 is 0 Å². The summed E-state index contributed by atoms with van der Waals surface area (Å²) in [6.07, 6.45) is 0. The van der Waals surface area contributed by atoms with Crippen LogP contribution in [0.2, 0.25) is 0 Å². The van der Waals surface area contributed by atoms with Gasteiger partial charge < -0.3 is 0 Å². The standard InChI is InChI=1S/C11H21N3O2S/c1-7(2)14-10(6)11(9(5)12-14)13-17(15,16)8(3)4/h7-8,13H,1-6H3. The molecule has 17 heavy (non-hydrogen) atoms. The minimum Gasteiger partial charge on any atom is -0.280 e. The van der Waals surface area contributed by atoms with Gasteiger partial charge >= 0.3 is 0 Å². The van der Waals surface area contributed by atoms with Gasteiger partial charge in [0.25, 0.3) is 0 Å². The van der Waals surface area contributed by atoms with E-state index in [9.17, 15) is 8.42 Å². The second kappa shape index (κ2) is 4.68. The quantitative estimate of drug-likeness (QED) is 0.901. The number of aromatic nitrogens is 2. The lowest BCUT2D eigenvalue weighted by molar-refractivity contribution is 0.516. The SMILES string of the molecule is Cc1nn(C(C)C)c(C)c1NS(=O)(=O)C(C)C. The summed E-state index contributed by atoms with van der Waals surface area (Å²) < 4.78 is 28.1. The molecule has 1 aromatic heterocycles. The largest absolute Gasteiger partial charge is 0.280 e. The van der Waals surface area contributed by atoms with Crippen LogP contribution in [0, 0.1) is 13.8 Å². The lowest BCUT2D eigenvalue weighted by Crippen LogP contribution is -2.23. The molecule has 1 rings (SSSR count). The Labute approximate surface area is 103 Å². The highest BCUT2D eigenvalue weighted by Crippen LogP contribution is 2.24. The Kier molecular flexibility index (Phi) is 3.86. The Morgan fingerprint density at radius 1 is 1.18 bits per heavy atom. The summed E-state index contributed by atoms with van der Waals surface area (Å²) in [4.78, 5) is 0. The average Bonchev–Trinajstić information content (AvgIpc) is 2.45. The van der Waals surface area contributed by atoms with Crippen molar-refractivity contribution in [1.82, 2.24) is 9.78 Å². The maximum absolute atomic E-state index is 11.8. The number of aryl methyl sites for hydroxylation is 1. The van der Waals surface area contributed by atoms with Gasteiger partial charge in [-0.05, 0) is 41.5 Å². The summed E-state index contributed by atoms with van der Waals surface area (Å²) in [7, 11) is -3.31. The van der Waals surface area contributed by atoms with Gasteiger partial charge in [-0.3, -0.25) is 9.40 Å². The first-order valence-corrected chi connectivity index (χ1v) is 7.28. The van der Waals surface area contributed by atoms with Crippen LogP contribution in [-0.2, 0) is 10.0 Å². The fourth-order valence-electron chi connectivity index (χ4n) is 1.57. The van der Waals surface area contributed by atoms with Crippen LogP contribution in [0.4, 0.5) is 5.69 Å². The molecule has 0 aliphatic carbocycles. The Morgan fingerprint density at radius 3 is 2.06 bits per heavy atom. The fourth-order valence-corrected chi connectivity index (χ4v) is 2.39. The molecule has 5 nitrogen and oxygen atoms in total. The molecule has 0 spiro atoms. The Hall–Kier alpha value is -1.04. The van der Waals surface area contributed by atoms with E-state index in [4.69, 9.17) is 0 Å². The van der Waals surface area contributed by atoms with Crippen molar-refractivity contribution in [2.24, 2.45) is 0 Å². The van der Waals surface area contributed by atoms with Crippen LogP contribution in [0.25, 0.3) is 0 Å². The predicted molar refractivity (Wildman–Crippen MR) is 69.8 cm³/mol. The van der Waals surface area contributed by atoms with Crippen molar-refractivity contribution in [3.05, 3.63) is 11.4 Å². The summed E-state index contributed by atoms with van der Waals surface area (Å²) >= 11 is 0. The first kappa shape index (κ1) is 14.0. The summed E-state index contributed by atoms with van der Waals surface area (Å²) in [6.45, 7) is 11.0. The Balaban J connectivity index is 3.17. The smallest absolute Gasteiger partial charge is 0.235 e. The highest BCUT2D eigenvalue weighted by atomic mass is 32.2. The number of nitrogens with one attached hydrogen (secondary N) is 1. The average molecular weight is 259 g/mol. The highest BCUT2D eigenvalue weighted by molar-refractivity contribution is 7.93. The molecular weight excluding hydrogens is 238 g/mol. The number of hydrogen-bond acceptors (Lipinski definition) is 3. The normalized spacial score (nSPS) is 12.5. The third kappa shape index (κ3) is 2.80. The summed E-state index contributed by atoms with van der Waals surface area (Å²) in [5, 5.41) is 3.89. The number of rotatable bonds is 4. The second-order valence-corrected chi connectivity index (χ2v) is 7.02. The first-order chi connectivity index (χ1) is 7.66. The molecule has 0 bridgehead atoms. The molecule has 6 heteroatoms. The van der Waals surface area contributed by atoms with E-state index in [1.54, 1.807) is 13.8 Å². The van der Waals surface area contributed by atoms with E-state index in [1.165, 1.54) is 0 Å². The van der Waals surface area contributed by atoms with Gasteiger partial charge in [0.15, 0.2) is 0 Å². The topological polar surface area (TPSA) is 64.0 Å². The van der Waals surface area contributed by atoms with Crippen molar-refractivity contribution >= 4 is 15.7 Å². The van der Waals surface area contributed by atoms with Crippen molar-refractivity contribution in [2.45, 2.75) is 52.8 Å². The van der Waals surface area contributed by atoms with Gasteiger partial charge in [0.2, 0.25) is 10.0 Å². The zero-order valence-corrected chi connectivity index (χ0v) is 12.1. The summed E-state index contributed by atoms with van der Waals surface area (Å²) in [6, 6.07) is 0.214. The van der Waals surface area contributed by atoms with Crippen molar-refractivity contribution in [1.29, 1.82) is 0 Å².